The summed E-state index contributed by atoms with van der Waals surface area (Å²) in [5, 5.41) is 2.67. The van der Waals surface area contributed by atoms with E-state index in [9.17, 15) is 9.59 Å². The maximum atomic E-state index is 11.9. The van der Waals surface area contributed by atoms with Gasteiger partial charge in [-0.2, -0.15) is 0 Å². The predicted octanol–water partition coefficient (Wildman–Crippen LogP) is 0.787. The van der Waals surface area contributed by atoms with Crippen LogP contribution in [0.5, 0.6) is 0 Å². The van der Waals surface area contributed by atoms with Gasteiger partial charge in [-0.05, 0) is 19.0 Å². The summed E-state index contributed by atoms with van der Waals surface area (Å²) in [5.74, 6) is -0.639. The molecule has 5 heteroatoms. The minimum Gasteiger partial charge on any atom is -0.467 e. The van der Waals surface area contributed by atoms with Crippen molar-refractivity contribution in [2.24, 2.45) is 0 Å². The summed E-state index contributed by atoms with van der Waals surface area (Å²) in [4.78, 5) is 25.0. The molecule has 1 heterocycles. The molecule has 0 aromatic heterocycles. The Hall–Kier alpha value is -1.78. The summed E-state index contributed by atoms with van der Waals surface area (Å²) in [6.45, 7) is 1.82. The minimum absolute atomic E-state index is 0.224. The summed E-state index contributed by atoms with van der Waals surface area (Å²) < 4.78 is 4.62. The van der Waals surface area contributed by atoms with Crippen LogP contribution in [-0.4, -0.2) is 37.0 Å². The van der Waals surface area contributed by atoms with E-state index in [2.05, 4.69) is 10.1 Å². The van der Waals surface area contributed by atoms with E-state index in [0.29, 0.717) is 18.4 Å². The van der Waals surface area contributed by atoms with Crippen LogP contribution >= 0.6 is 0 Å². The van der Waals surface area contributed by atoms with Crippen molar-refractivity contribution in [2.75, 3.05) is 14.2 Å². The summed E-state index contributed by atoms with van der Waals surface area (Å²) in [5.41, 5.74) is 0.636. The highest BCUT2D eigenvalue weighted by atomic mass is 16.5. The number of nitrogens with zero attached hydrogens (tertiary/aromatic N) is 1. The molecule has 0 aromatic rings. The van der Waals surface area contributed by atoms with E-state index in [0.717, 1.165) is 0 Å². The lowest BCUT2D eigenvalue weighted by molar-refractivity contribution is -0.144. The summed E-state index contributed by atoms with van der Waals surface area (Å²) >= 11 is 0. The zero-order valence-corrected chi connectivity index (χ0v) is 10.4. The first kappa shape index (κ1) is 13.3. The Morgan fingerprint density at radius 1 is 1.59 bits per heavy atom. The van der Waals surface area contributed by atoms with Gasteiger partial charge in [0.2, 0.25) is 5.91 Å². The molecule has 17 heavy (non-hydrogen) atoms. The van der Waals surface area contributed by atoms with E-state index < -0.39 is 12.0 Å². The van der Waals surface area contributed by atoms with Crippen molar-refractivity contribution in [3.8, 4) is 0 Å². The van der Waals surface area contributed by atoms with Crippen molar-refractivity contribution in [2.45, 2.75) is 25.8 Å². The quantitative estimate of drug-likeness (QED) is 0.736. The first-order valence-electron chi connectivity index (χ1n) is 5.56. The van der Waals surface area contributed by atoms with E-state index in [1.165, 1.54) is 7.11 Å². The fourth-order valence-corrected chi connectivity index (χ4v) is 1.56. The molecule has 1 amide bonds. The third-order valence-corrected chi connectivity index (χ3v) is 2.53. The summed E-state index contributed by atoms with van der Waals surface area (Å²) in [6.07, 6.45) is 6.62. The van der Waals surface area contributed by atoms with Crippen molar-refractivity contribution in [1.82, 2.24) is 10.2 Å². The first-order valence-corrected chi connectivity index (χ1v) is 5.56. The average molecular weight is 238 g/mol. The van der Waals surface area contributed by atoms with Crippen LogP contribution in [-0.2, 0) is 14.3 Å². The number of carbonyl (C=O) groups excluding carboxylic acids is 2. The molecule has 0 aliphatic carbocycles. The second kappa shape index (κ2) is 6.08. The van der Waals surface area contributed by atoms with Gasteiger partial charge >= 0.3 is 5.97 Å². The minimum atomic E-state index is -0.579. The highest BCUT2D eigenvalue weighted by Crippen LogP contribution is 2.11. The third kappa shape index (κ3) is 3.62. The number of hydrogen-bond donors (Lipinski definition) is 1. The standard InChI is InChI=1S/C12H18N2O3/c1-4-10(12(16)17-3)13-11(15)9-6-5-7-14(2)8-9/h5,7-8,10H,4,6H2,1-3H3,(H,13,15). The number of allylic oxidation sites excluding steroid dienone is 1. The van der Waals surface area contributed by atoms with Gasteiger partial charge in [-0.25, -0.2) is 4.79 Å². The highest BCUT2D eigenvalue weighted by molar-refractivity contribution is 5.96. The van der Waals surface area contributed by atoms with Gasteiger partial charge in [-0.3, -0.25) is 4.79 Å². The second-order valence-electron chi connectivity index (χ2n) is 3.87. The number of carbonyl (C=O) groups is 2. The maximum absolute atomic E-state index is 11.9. The lowest BCUT2D eigenvalue weighted by Crippen LogP contribution is -2.42. The molecule has 0 saturated heterocycles. The van der Waals surface area contributed by atoms with Gasteiger partial charge < -0.3 is 15.0 Å². The lowest BCUT2D eigenvalue weighted by atomic mass is 10.1. The van der Waals surface area contributed by atoms with Gasteiger partial charge in [0.1, 0.15) is 6.04 Å². The van der Waals surface area contributed by atoms with Crippen molar-refractivity contribution < 1.29 is 14.3 Å². The Balaban J connectivity index is 2.62. The van der Waals surface area contributed by atoms with E-state index in [1.807, 2.05) is 26.2 Å². The molecule has 0 bridgehead atoms. The predicted molar refractivity (Wildman–Crippen MR) is 63.8 cm³/mol. The Morgan fingerprint density at radius 2 is 2.29 bits per heavy atom. The molecule has 94 valence electrons. The molecule has 1 rings (SSSR count). The first-order chi connectivity index (χ1) is 8.08. The van der Waals surface area contributed by atoms with Crippen molar-refractivity contribution in [3.63, 3.8) is 0 Å². The van der Waals surface area contributed by atoms with Gasteiger partial charge in [-0.1, -0.05) is 13.0 Å². The Morgan fingerprint density at radius 3 is 2.82 bits per heavy atom. The lowest BCUT2D eigenvalue weighted by Gasteiger charge is -2.19. The van der Waals surface area contributed by atoms with Crippen LogP contribution in [0.4, 0.5) is 0 Å². The molecule has 0 spiro atoms. The Kier molecular flexibility index (Phi) is 4.75. The number of methoxy groups -OCH3 is 1. The molecule has 0 fully saturated rings. The number of amides is 1. The topological polar surface area (TPSA) is 58.6 Å². The fraction of sp³-hybridized carbons (Fsp3) is 0.500. The van der Waals surface area contributed by atoms with Crippen molar-refractivity contribution in [1.29, 1.82) is 0 Å². The van der Waals surface area contributed by atoms with Crippen LogP contribution in [0.3, 0.4) is 0 Å². The number of nitrogens with one attached hydrogen (secondary N) is 1. The Bertz CT molecular complexity index is 361. The normalized spacial score (nSPS) is 16.2. The van der Waals surface area contributed by atoms with Crippen LogP contribution in [0.2, 0.25) is 0 Å². The van der Waals surface area contributed by atoms with Gasteiger partial charge in [-0.15, -0.1) is 0 Å². The molecule has 0 saturated carbocycles. The fourth-order valence-electron chi connectivity index (χ4n) is 1.56. The van der Waals surface area contributed by atoms with Crippen LogP contribution in [0.25, 0.3) is 0 Å². The van der Waals surface area contributed by atoms with E-state index in [1.54, 1.807) is 11.1 Å². The van der Waals surface area contributed by atoms with Gasteiger partial charge in [0.05, 0.1) is 7.11 Å². The molecule has 1 N–H and O–H groups in total. The van der Waals surface area contributed by atoms with Gasteiger partial charge in [0, 0.05) is 18.8 Å². The summed E-state index contributed by atoms with van der Waals surface area (Å²) in [6, 6.07) is -0.579. The number of ether oxygens (including phenoxy) is 1. The van der Waals surface area contributed by atoms with E-state index in [-0.39, 0.29) is 5.91 Å². The second-order valence-corrected chi connectivity index (χ2v) is 3.87. The maximum Gasteiger partial charge on any atom is 0.328 e. The SMILES string of the molecule is CCC(NC(=O)C1=CN(C)C=CC1)C(=O)OC. The zero-order valence-electron chi connectivity index (χ0n) is 10.4. The van der Waals surface area contributed by atoms with E-state index in [4.69, 9.17) is 0 Å². The van der Waals surface area contributed by atoms with E-state index >= 15 is 0 Å². The van der Waals surface area contributed by atoms with Crippen LogP contribution in [0.1, 0.15) is 19.8 Å². The zero-order chi connectivity index (χ0) is 12.8. The molecular formula is C12H18N2O3. The largest absolute Gasteiger partial charge is 0.467 e. The molecule has 5 nitrogen and oxygen atoms in total. The monoisotopic (exact) mass is 238 g/mol. The number of rotatable bonds is 4. The molecular weight excluding hydrogens is 220 g/mol. The van der Waals surface area contributed by atoms with Gasteiger partial charge in [0.25, 0.3) is 0 Å². The molecule has 1 atom stereocenters. The van der Waals surface area contributed by atoms with Crippen LogP contribution in [0.15, 0.2) is 24.0 Å². The molecule has 1 unspecified atom stereocenters. The van der Waals surface area contributed by atoms with Gasteiger partial charge in [0.15, 0.2) is 0 Å². The van der Waals surface area contributed by atoms with Crippen LogP contribution in [0, 0.1) is 0 Å². The smallest absolute Gasteiger partial charge is 0.328 e. The summed E-state index contributed by atoms with van der Waals surface area (Å²) in [7, 11) is 3.16. The molecule has 0 radical (unpaired) electrons. The average Bonchev–Trinajstić information content (AvgIpc) is 2.34. The van der Waals surface area contributed by atoms with Crippen LogP contribution < -0.4 is 5.32 Å². The van der Waals surface area contributed by atoms with Crippen molar-refractivity contribution in [3.05, 3.63) is 24.0 Å². The highest BCUT2D eigenvalue weighted by Gasteiger charge is 2.21. The molecule has 1 aliphatic heterocycles. The van der Waals surface area contributed by atoms with Crippen molar-refractivity contribution >= 4 is 11.9 Å². The molecule has 0 aromatic carbocycles. The number of esters is 1. The third-order valence-electron chi connectivity index (χ3n) is 2.53. The Labute approximate surface area is 101 Å². The molecule has 1 aliphatic rings. The number of hydrogen-bond acceptors (Lipinski definition) is 4.